The second kappa shape index (κ2) is 6.98. The highest BCUT2D eigenvalue weighted by Crippen LogP contribution is 2.28. The topological polar surface area (TPSA) is 56.7 Å². The summed E-state index contributed by atoms with van der Waals surface area (Å²) in [6, 6.07) is 21.9. The molecule has 0 atom stereocenters. The minimum atomic E-state index is -0.182. The molecule has 3 aromatic carbocycles. The second-order valence-electron chi connectivity index (χ2n) is 6.29. The van der Waals surface area contributed by atoms with Gasteiger partial charge in [0.05, 0.1) is 0 Å². The molecular formula is C21H20N4O. The van der Waals surface area contributed by atoms with E-state index in [2.05, 4.69) is 57.1 Å². The number of hydrogen-bond donors (Lipinski definition) is 2. The molecule has 0 radical (unpaired) electrons. The molecule has 5 nitrogen and oxygen atoms in total. The van der Waals surface area contributed by atoms with Crippen LogP contribution in [0.15, 0.2) is 71.7 Å². The smallest absolute Gasteiger partial charge is 0.257 e. The number of carbonyl (C=O) groups is 1. The van der Waals surface area contributed by atoms with Crippen LogP contribution in [0.25, 0.3) is 10.8 Å². The molecule has 130 valence electrons. The standard InChI is InChI=1S/C21H20N4O/c1-22-21(23-20(26)16-7-3-2-4-8-16)24-25-13-17-11-5-9-15-10-6-12-18(14-25)19(15)17/h2-12H,13-14H2,1H3,(H2,22,23,24,26). The molecule has 4 rings (SSSR count). The number of rotatable bonds is 2. The highest BCUT2D eigenvalue weighted by atomic mass is 16.1. The van der Waals surface area contributed by atoms with Crippen molar-refractivity contribution in [2.24, 2.45) is 4.99 Å². The van der Waals surface area contributed by atoms with Crippen LogP contribution in [-0.4, -0.2) is 23.9 Å². The van der Waals surface area contributed by atoms with E-state index in [1.165, 1.54) is 21.9 Å². The highest BCUT2D eigenvalue weighted by Gasteiger charge is 2.19. The second-order valence-corrected chi connectivity index (χ2v) is 6.29. The maximum atomic E-state index is 12.4. The van der Waals surface area contributed by atoms with Crippen LogP contribution in [-0.2, 0) is 13.1 Å². The molecule has 0 fully saturated rings. The van der Waals surface area contributed by atoms with Gasteiger partial charge in [0.25, 0.3) is 5.91 Å². The molecule has 0 saturated heterocycles. The fourth-order valence-corrected chi connectivity index (χ4v) is 3.36. The summed E-state index contributed by atoms with van der Waals surface area (Å²) in [5.74, 6) is 0.253. The summed E-state index contributed by atoms with van der Waals surface area (Å²) in [7, 11) is 1.66. The first-order chi connectivity index (χ1) is 12.7. The number of amides is 1. The van der Waals surface area contributed by atoms with Gasteiger partial charge in [-0.05, 0) is 34.0 Å². The zero-order valence-corrected chi connectivity index (χ0v) is 14.6. The van der Waals surface area contributed by atoms with Crippen LogP contribution in [0.1, 0.15) is 21.5 Å². The van der Waals surface area contributed by atoms with E-state index in [1.807, 2.05) is 18.2 Å². The first kappa shape index (κ1) is 16.3. The summed E-state index contributed by atoms with van der Waals surface area (Å²) in [5, 5.41) is 7.49. The molecule has 0 bridgehead atoms. The summed E-state index contributed by atoms with van der Waals surface area (Å²) in [5.41, 5.74) is 6.37. The minimum Gasteiger partial charge on any atom is -0.291 e. The fourth-order valence-electron chi connectivity index (χ4n) is 3.36. The molecule has 1 aliphatic heterocycles. The van der Waals surface area contributed by atoms with Crippen molar-refractivity contribution in [2.75, 3.05) is 7.05 Å². The number of hydrazine groups is 1. The van der Waals surface area contributed by atoms with Crippen molar-refractivity contribution < 1.29 is 4.79 Å². The Labute approximate surface area is 152 Å². The number of nitrogens with zero attached hydrogens (tertiary/aromatic N) is 2. The average molecular weight is 344 g/mol. The Balaban J connectivity index is 1.50. The predicted molar refractivity (Wildman–Crippen MR) is 104 cm³/mol. The lowest BCUT2D eigenvalue weighted by molar-refractivity contribution is 0.0971. The number of carbonyl (C=O) groups excluding carboxylic acids is 1. The van der Waals surface area contributed by atoms with E-state index >= 15 is 0 Å². The van der Waals surface area contributed by atoms with Crippen LogP contribution in [0.4, 0.5) is 0 Å². The normalized spacial score (nSPS) is 14.3. The van der Waals surface area contributed by atoms with Gasteiger partial charge in [-0.3, -0.25) is 20.5 Å². The number of hydrogen-bond acceptors (Lipinski definition) is 3. The van der Waals surface area contributed by atoms with Crippen molar-refractivity contribution in [1.82, 2.24) is 15.8 Å². The lowest BCUT2D eigenvalue weighted by Crippen LogP contribution is -2.50. The Hall–Kier alpha value is -3.18. The third kappa shape index (κ3) is 3.17. The summed E-state index contributed by atoms with van der Waals surface area (Å²) < 4.78 is 0. The Morgan fingerprint density at radius 3 is 2.19 bits per heavy atom. The minimum absolute atomic E-state index is 0.182. The zero-order valence-electron chi connectivity index (χ0n) is 14.6. The van der Waals surface area contributed by atoms with E-state index in [1.54, 1.807) is 19.2 Å². The number of aliphatic imine (C=N–C) groups is 1. The quantitative estimate of drug-likeness (QED) is 0.555. The van der Waals surface area contributed by atoms with E-state index in [0.29, 0.717) is 11.5 Å². The summed E-state index contributed by atoms with van der Waals surface area (Å²) in [6.45, 7) is 1.49. The largest absolute Gasteiger partial charge is 0.291 e. The van der Waals surface area contributed by atoms with Gasteiger partial charge in [0.15, 0.2) is 0 Å². The van der Waals surface area contributed by atoms with Gasteiger partial charge < -0.3 is 0 Å². The van der Waals surface area contributed by atoms with Crippen molar-refractivity contribution in [3.8, 4) is 0 Å². The lowest BCUT2D eigenvalue weighted by Gasteiger charge is -2.30. The highest BCUT2D eigenvalue weighted by molar-refractivity contribution is 6.05. The molecule has 0 spiro atoms. The third-order valence-corrected chi connectivity index (χ3v) is 4.56. The fraction of sp³-hybridized carbons (Fsp3) is 0.143. The Morgan fingerprint density at radius 2 is 1.58 bits per heavy atom. The van der Waals surface area contributed by atoms with Crippen LogP contribution in [0, 0.1) is 0 Å². The van der Waals surface area contributed by atoms with E-state index in [4.69, 9.17) is 0 Å². The molecule has 2 N–H and O–H groups in total. The molecule has 1 aliphatic rings. The first-order valence-corrected chi connectivity index (χ1v) is 8.59. The lowest BCUT2D eigenvalue weighted by atomic mass is 9.96. The van der Waals surface area contributed by atoms with Gasteiger partial charge >= 0.3 is 0 Å². The summed E-state index contributed by atoms with van der Waals surface area (Å²) >= 11 is 0. The van der Waals surface area contributed by atoms with E-state index in [9.17, 15) is 4.79 Å². The van der Waals surface area contributed by atoms with Gasteiger partial charge in [-0.1, -0.05) is 54.6 Å². The Kier molecular flexibility index (Phi) is 4.37. The van der Waals surface area contributed by atoms with E-state index in [-0.39, 0.29) is 5.91 Å². The number of guanidine groups is 1. The van der Waals surface area contributed by atoms with Gasteiger partial charge in [0.2, 0.25) is 5.96 Å². The van der Waals surface area contributed by atoms with Crippen molar-refractivity contribution >= 4 is 22.6 Å². The number of nitrogens with one attached hydrogen (secondary N) is 2. The van der Waals surface area contributed by atoms with E-state index < -0.39 is 0 Å². The van der Waals surface area contributed by atoms with Gasteiger partial charge in [0, 0.05) is 25.7 Å². The van der Waals surface area contributed by atoms with Crippen LogP contribution in [0.5, 0.6) is 0 Å². The molecule has 0 unspecified atom stereocenters. The SMILES string of the molecule is CN=C(NC(=O)c1ccccc1)NN1Cc2cccc3cccc(c23)C1. The zero-order chi connectivity index (χ0) is 17.9. The van der Waals surface area contributed by atoms with Crippen molar-refractivity contribution in [2.45, 2.75) is 13.1 Å². The Morgan fingerprint density at radius 1 is 0.923 bits per heavy atom. The van der Waals surface area contributed by atoms with Gasteiger partial charge in [-0.25, -0.2) is 5.01 Å². The molecule has 3 aromatic rings. The third-order valence-electron chi connectivity index (χ3n) is 4.56. The molecule has 26 heavy (non-hydrogen) atoms. The maximum absolute atomic E-state index is 12.4. The summed E-state index contributed by atoms with van der Waals surface area (Å²) in [6.07, 6.45) is 0. The van der Waals surface area contributed by atoms with Crippen molar-refractivity contribution in [3.05, 3.63) is 83.4 Å². The first-order valence-electron chi connectivity index (χ1n) is 8.59. The molecule has 0 saturated carbocycles. The molecule has 5 heteroatoms. The number of benzene rings is 3. The van der Waals surface area contributed by atoms with Gasteiger partial charge in [-0.2, -0.15) is 0 Å². The average Bonchev–Trinajstić information content (AvgIpc) is 2.68. The van der Waals surface area contributed by atoms with E-state index in [0.717, 1.165) is 13.1 Å². The van der Waals surface area contributed by atoms with Crippen LogP contribution < -0.4 is 10.7 Å². The van der Waals surface area contributed by atoms with Gasteiger partial charge in [0.1, 0.15) is 0 Å². The Bertz CT molecular complexity index is 941. The van der Waals surface area contributed by atoms with Crippen LogP contribution in [0.3, 0.4) is 0 Å². The monoisotopic (exact) mass is 344 g/mol. The molecular weight excluding hydrogens is 324 g/mol. The molecule has 1 heterocycles. The maximum Gasteiger partial charge on any atom is 0.257 e. The van der Waals surface area contributed by atoms with Crippen LogP contribution >= 0.6 is 0 Å². The molecule has 0 aromatic heterocycles. The van der Waals surface area contributed by atoms with Crippen molar-refractivity contribution in [1.29, 1.82) is 0 Å². The predicted octanol–water partition coefficient (Wildman–Crippen LogP) is 3.08. The molecule has 1 amide bonds. The molecule has 0 aliphatic carbocycles. The van der Waals surface area contributed by atoms with Gasteiger partial charge in [-0.15, -0.1) is 0 Å². The van der Waals surface area contributed by atoms with Crippen LogP contribution in [0.2, 0.25) is 0 Å². The summed E-state index contributed by atoms with van der Waals surface area (Å²) in [4.78, 5) is 16.5. The van der Waals surface area contributed by atoms with Crippen molar-refractivity contribution in [3.63, 3.8) is 0 Å².